The van der Waals surface area contributed by atoms with E-state index >= 15 is 0 Å². The first kappa shape index (κ1) is 19.1. The van der Waals surface area contributed by atoms with E-state index < -0.39 is 0 Å². The van der Waals surface area contributed by atoms with Crippen LogP contribution in [0.15, 0.2) is 27.8 Å². The van der Waals surface area contributed by atoms with Crippen molar-refractivity contribution in [3.63, 3.8) is 0 Å². The molecule has 0 atom stereocenters. The number of methoxy groups -OCH3 is 2. The number of carbonyl (C=O) groups excluding carboxylic acids is 1. The third-order valence-corrected chi connectivity index (χ3v) is 4.51. The Bertz CT molecular complexity index is 708. The zero-order valence-corrected chi connectivity index (χ0v) is 15.9. The second kappa shape index (κ2) is 8.24. The van der Waals surface area contributed by atoms with Gasteiger partial charge in [0.2, 0.25) is 11.8 Å². The molecule has 1 aromatic heterocycles. The molecule has 0 aliphatic heterocycles. The molecular formula is C17H23N3O4S. The third-order valence-electron chi connectivity index (χ3n) is 3.69. The van der Waals surface area contributed by atoms with Crippen molar-refractivity contribution in [2.24, 2.45) is 0 Å². The highest BCUT2D eigenvalue weighted by Gasteiger charge is 2.19. The molecule has 0 bridgehead atoms. The molecule has 8 heteroatoms. The Hall–Kier alpha value is -2.22. The van der Waals surface area contributed by atoms with Crippen LogP contribution in [0.4, 0.5) is 0 Å². The quantitative estimate of drug-likeness (QED) is 0.719. The molecule has 0 fully saturated rings. The molecule has 0 radical (unpaired) electrons. The summed E-state index contributed by atoms with van der Waals surface area (Å²) in [6.07, 6.45) is 0.853. The van der Waals surface area contributed by atoms with Gasteiger partial charge in [-0.05, 0) is 32.4 Å². The lowest BCUT2D eigenvalue weighted by molar-refractivity contribution is -0.120. The first-order valence-electron chi connectivity index (χ1n) is 7.87. The number of carbonyl (C=O) groups is 1. The SMILES string of the molecule is CCC(C)(C)NC(=O)CSc1nnc(-c2cc(OC)cc(OC)c2)o1. The normalized spacial score (nSPS) is 11.2. The van der Waals surface area contributed by atoms with Crippen LogP contribution >= 0.6 is 11.8 Å². The van der Waals surface area contributed by atoms with Crippen molar-refractivity contribution in [2.75, 3.05) is 20.0 Å². The molecule has 136 valence electrons. The van der Waals surface area contributed by atoms with E-state index in [9.17, 15) is 4.79 Å². The Balaban J connectivity index is 2.04. The number of ether oxygens (including phenoxy) is 2. The summed E-state index contributed by atoms with van der Waals surface area (Å²) < 4.78 is 16.1. The Kier molecular flexibility index (Phi) is 6.30. The van der Waals surface area contributed by atoms with Crippen LogP contribution in [0, 0.1) is 0 Å². The highest BCUT2D eigenvalue weighted by molar-refractivity contribution is 7.99. The van der Waals surface area contributed by atoms with Gasteiger partial charge in [0.15, 0.2) is 0 Å². The van der Waals surface area contributed by atoms with Gasteiger partial charge in [-0.3, -0.25) is 4.79 Å². The Morgan fingerprint density at radius 2 is 1.84 bits per heavy atom. The van der Waals surface area contributed by atoms with E-state index in [-0.39, 0.29) is 17.2 Å². The standard InChI is InChI=1S/C17H23N3O4S/c1-6-17(2,3)18-14(21)10-25-16-20-19-15(24-16)11-7-12(22-4)9-13(8-11)23-5/h7-9H,6,10H2,1-5H3,(H,18,21). The molecule has 7 nitrogen and oxygen atoms in total. The van der Waals surface area contributed by atoms with Crippen LogP contribution in [0.3, 0.4) is 0 Å². The van der Waals surface area contributed by atoms with Gasteiger partial charge >= 0.3 is 0 Å². The summed E-state index contributed by atoms with van der Waals surface area (Å²) in [5.74, 6) is 1.74. The monoisotopic (exact) mass is 365 g/mol. The van der Waals surface area contributed by atoms with E-state index in [1.54, 1.807) is 32.4 Å². The topological polar surface area (TPSA) is 86.5 Å². The van der Waals surface area contributed by atoms with Crippen LogP contribution in [-0.2, 0) is 4.79 Å². The molecule has 1 aromatic carbocycles. The van der Waals surface area contributed by atoms with E-state index in [1.165, 1.54) is 11.8 Å². The molecule has 0 aliphatic carbocycles. The second-order valence-electron chi connectivity index (χ2n) is 6.05. The summed E-state index contributed by atoms with van der Waals surface area (Å²) in [6.45, 7) is 5.99. The van der Waals surface area contributed by atoms with Crippen LogP contribution in [0.25, 0.3) is 11.5 Å². The van der Waals surface area contributed by atoms with E-state index in [2.05, 4.69) is 15.5 Å². The number of rotatable bonds is 8. The Morgan fingerprint density at radius 1 is 1.20 bits per heavy atom. The van der Waals surface area contributed by atoms with Crippen LogP contribution < -0.4 is 14.8 Å². The lowest BCUT2D eigenvalue weighted by atomic mass is 10.0. The summed E-state index contributed by atoms with van der Waals surface area (Å²) >= 11 is 1.20. The minimum atomic E-state index is -0.227. The highest BCUT2D eigenvalue weighted by Crippen LogP contribution is 2.30. The number of hydrogen-bond acceptors (Lipinski definition) is 7. The minimum absolute atomic E-state index is 0.0698. The summed E-state index contributed by atoms with van der Waals surface area (Å²) in [5, 5.41) is 11.3. The summed E-state index contributed by atoms with van der Waals surface area (Å²) in [4.78, 5) is 12.0. The molecule has 0 aliphatic rings. The average Bonchev–Trinajstić information content (AvgIpc) is 3.08. The van der Waals surface area contributed by atoms with Crippen LogP contribution in [0.1, 0.15) is 27.2 Å². The van der Waals surface area contributed by atoms with Crippen LogP contribution in [-0.4, -0.2) is 41.6 Å². The van der Waals surface area contributed by atoms with Crippen molar-refractivity contribution in [3.8, 4) is 23.0 Å². The first-order valence-corrected chi connectivity index (χ1v) is 8.86. The molecule has 1 heterocycles. The Morgan fingerprint density at radius 3 is 2.40 bits per heavy atom. The summed E-state index contributed by atoms with van der Waals surface area (Å²) in [5.41, 5.74) is 0.460. The van der Waals surface area contributed by atoms with Gasteiger partial charge in [-0.1, -0.05) is 18.7 Å². The smallest absolute Gasteiger partial charge is 0.277 e. The number of benzene rings is 1. The molecule has 2 aromatic rings. The zero-order valence-electron chi connectivity index (χ0n) is 15.1. The molecule has 2 rings (SSSR count). The van der Waals surface area contributed by atoms with Crippen LogP contribution in [0.5, 0.6) is 11.5 Å². The molecule has 0 saturated carbocycles. The fraction of sp³-hybridized carbons (Fsp3) is 0.471. The summed E-state index contributed by atoms with van der Waals surface area (Å²) in [6, 6.07) is 5.32. The van der Waals surface area contributed by atoms with Gasteiger partial charge in [-0.25, -0.2) is 0 Å². The van der Waals surface area contributed by atoms with Crippen molar-refractivity contribution in [2.45, 2.75) is 38.0 Å². The number of aromatic nitrogens is 2. The van der Waals surface area contributed by atoms with Gasteiger partial charge in [0.05, 0.1) is 20.0 Å². The van der Waals surface area contributed by atoms with Crippen molar-refractivity contribution >= 4 is 17.7 Å². The fourth-order valence-electron chi connectivity index (χ4n) is 1.94. The van der Waals surface area contributed by atoms with E-state index in [0.717, 1.165) is 6.42 Å². The van der Waals surface area contributed by atoms with Gasteiger partial charge in [0, 0.05) is 17.2 Å². The number of thioether (sulfide) groups is 1. The molecule has 0 spiro atoms. The molecule has 0 saturated heterocycles. The van der Waals surface area contributed by atoms with Crippen molar-refractivity contribution in [1.29, 1.82) is 0 Å². The maximum atomic E-state index is 12.0. The highest BCUT2D eigenvalue weighted by atomic mass is 32.2. The maximum Gasteiger partial charge on any atom is 0.277 e. The van der Waals surface area contributed by atoms with Crippen molar-refractivity contribution in [3.05, 3.63) is 18.2 Å². The maximum absolute atomic E-state index is 12.0. The molecule has 1 N–H and O–H groups in total. The summed E-state index contributed by atoms with van der Waals surface area (Å²) in [7, 11) is 3.15. The van der Waals surface area contributed by atoms with Gasteiger partial charge < -0.3 is 19.2 Å². The lowest BCUT2D eigenvalue weighted by Crippen LogP contribution is -2.43. The van der Waals surface area contributed by atoms with Gasteiger partial charge in [-0.2, -0.15) is 0 Å². The van der Waals surface area contributed by atoms with E-state index in [0.29, 0.717) is 28.2 Å². The number of amides is 1. The zero-order chi connectivity index (χ0) is 18.4. The second-order valence-corrected chi connectivity index (χ2v) is 6.98. The van der Waals surface area contributed by atoms with Gasteiger partial charge in [-0.15, -0.1) is 10.2 Å². The predicted octanol–water partition coefficient (Wildman–Crippen LogP) is 3.15. The number of nitrogens with zero attached hydrogens (tertiary/aromatic N) is 2. The van der Waals surface area contributed by atoms with E-state index in [1.807, 2.05) is 20.8 Å². The third kappa shape index (κ3) is 5.38. The lowest BCUT2D eigenvalue weighted by Gasteiger charge is -2.24. The van der Waals surface area contributed by atoms with Gasteiger partial charge in [0.25, 0.3) is 5.22 Å². The first-order chi connectivity index (χ1) is 11.9. The van der Waals surface area contributed by atoms with Crippen LogP contribution in [0.2, 0.25) is 0 Å². The largest absolute Gasteiger partial charge is 0.497 e. The number of hydrogen-bond donors (Lipinski definition) is 1. The number of nitrogens with one attached hydrogen (secondary N) is 1. The van der Waals surface area contributed by atoms with Crippen molar-refractivity contribution in [1.82, 2.24) is 15.5 Å². The van der Waals surface area contributed by atoms with E-state index in [4.69, 9.17) is 13.9 Å². The fourth-order valence-corrected chi connectivity index (χ4v) is 2.51. The predicted molar refractivity (Wildman–Crippen MR) is 96.1 cm³/mol. The molecule has 0 unspecified atom stereocenters. The minimum Gasteiger partial charge on any atom is -0.497 e. The molecule has 25 heavy (non-hydrogen) atoms. The molecular weight excluding hydrogens is 342 g/mol. The Labute approximate surface area is 151 Å². The van der Waals surface area contributed by atoms with Crippen molar-refractivity contribution < 1.29 is 18.7 Å². The molecule has 1 amide bonds. The average molecular weight is 365 g/mol. The van der Waals surface area contributed by atoms with Gasteiger partial charge in [0.1, 0.15) is 11.5 Å².